The lowest BCUT2D eigenvalue weighted by Gasteiger charge is -2.16. The van der Waals surface area contributed by atoms with Crippen molar-refractivity contribution >= 4 is 22.6 Å². The van der Waals surface area contributed by atoms with Crippen LogP contribution in [-0.2, 0) is 13.1 Å². The van der Waals surface area contributed by atoms with Gasteiger partial charge in [0.15, 0.2) is 0 Å². The fraction of sp³-hybridized carbons (Fsp3) is 0.364. The maximum absolute atomic E-state index is 6.06. The number of hydrogen-bond donors (Lipinski definition) is 1. The van der Waals surface area contributed by atoms with Gasteiger partial charge in [-0.1, -0.05) is 11.6 Å². The number of fused-ring (bicyclic) bond motifs is 3. The van der Waals surface area contributed by atoms with Gasteiger partial charge in [0.2, 0.25) is 0 Å². The third-order valence-electron chi connectivity index (χ3n) is 3.03. The number of nitrogens with zero attached hydrogens (tertiary/aromatic N) is 2. The smallest absolute Gasteiger partial charge is 0.140 e. The molecule has 0 saturated carbocycles. The highest BCUT2D eigenvalue weighted by molar-refractivity contribution is 6.32. The van der Waals surface area contributed by atoms with Crippen LogP contribution >= 0.6 is 11.6 Å². The Kier molecular flexibility index (Phi) is 1.97. The van der Waals surface area contributed by atoms with Crippen LogP contribution in [0, 0.1) is 6.92 Å². The summed E-state index contributed by atoms with van der Waals surface area (Å²) in [5.41, 5.74) is 3.49. The predicted octanol–water partition coefficient (Wildman–Crippen LogP) is 2.10. The summed E-state index contributed by atoms with van der Waals surface area (Å²) in [5.74, 6) is 0. The Balaban J connectivity index is 2.36. The molecule has 78 valence electrons. The SMILES string of the molecule is Cc1c(Cl)cnc2c1cc1n2CCNC1. The zero-order chi connectivity index (χ0) is 10.4. The van der Waals surface area contributed by atoms with Gasteiger partial charge in [0.25, 0.3) is 0 Å². The van der Waals surface area contributed by atoms with Crippen molar-refractivity contribution in [1.82, 2.24) is 14.9 Å². The van der Waals surface area contributed by atoms with E-state index in [1.54, 1.807) is 6.20 Å². The summed E-state index contributed by atoms with van der Waals surface area (Å²) < 4.78 is 2.27. The summed E-state index contributed by atoms with van der Waals surface area (Å²) in [4.78, 5) is 4.42. The first kappa shape index (κ1) is 9.19. The zero-order valence-electron chi connectivity index (χ0n) is 8.55. The van der Waals surface area contributed by atoms with E-state index in [4.69, 9.17) is 11.6 Å². The molecule has 2 aromatic rings. The molecule has 0 unspecified atom stereocenters. The number of hydrogen-bond acceptors (Lipinski definition) is 2. The van der Waals surface area contributed by atoms with Crippen LogP contribution in [0.3, 0.4) is 0 Å². The van der Waals surface area contributed by atoms with Crippen molar-refractivity contribution in [1.29, 1.82) is 0 Å². The van der Waals surface area contributed by atoms with Gasteiger partial charge in [-0.2, -0.15) is 0 Å². The molecule has 0 spiro atoms. The zero-order valence-corrected chi connectivity index (χ0v) is 9.30. The summed E-state index contributed by atoms with van der Waals surface area (Å²) >= 11 is 6.06. The van der Waals surface area contributed by atoms with Crippen LogP contribution in [0.5, 0.6) is 0 Å². The molecule has 0 atom stereocenters. The summed E-state index contributed by atoms with van der Waals surface area (Å²) in [7, 11) is 0. The number of nitrogens with one attached hydrogen (secondary N) is 1. The van der Waals surface area contributed by atoms with E-state index in [2.05, 4.69) is 20.9 Å². The Bertz CT molecular complexity index is 530. The monoisotopic (exact) mass is 221 g/mol. The minimum absolute atomic E-state index is 0.749. The van der Waals surface area contributed by atoms with Crippen LogP contribution in [0.1, 0.15) is 11.3 Å². The first-order valence-electron chi connectivity index (χ1n) is 5.11. The molecule has 3 nitrogen and oxygen atoms in total. The minimum Gasteiger partial charge on any atom is -0.327 e. The van der Waals surface area contributed by atoms with Crippen molar-refractivity contribution in [2.45, 2.75) is 20.0 Å². The lowest BCUT2D eigenvalue weighted by Crippen LogP contribution is -2.27. The molecule has 0 fully saturated rings. The molecule has 3 heterocycles. The lowest BCUT2D eigenvalue weighted by atomic mass is 10.2. The minimum atomic E-state index is 0.749. The van der Waals surface area contributed by atoms with Crippen molar-refractivity contribution < 1.29 is 0 Å². The van der Waals surface area contributed by atoms with Gasteiger partial charge in [0.05, 0.1) is 5.02 Å². The van der Waals surface area contributed by atoms with Gasteiger partial charge < -0.3 is 9.88 Å². The highest BCUT2D eigenvalue weighted by atomic mass is 35.5. The Hall–Kier alpha value is -1.06. The van der Waals surface area contributed by atoms with Crippen molar-refractivity contribution in [2.75, 3.05) is 6.54 Å². The second-order valence-corrected chi connectivity index (χ2v) is 4.34. The average molecular weight is 222 g/mol. The molecule has 0 saturated heterocycles. The van der Waals surface area contributed by atoms with E-state index in [-0.39, 0.29) is 0 Å². The maximum atomic E-state index is 6.06. The molecular weight excluding hydrogens is 210 g/mol. The molecule has 3 rings (SSSR count). The number of rotatable bonds is 0. The van der Waals surface area contributed by atoms with Gasteiger partial charge in [-0.05, 0) is 18.6 Å². The number of aryl methyl sites for hydroxylation is 1. The summed E-state index contributed by atoms with van der Waals surface area (Å²) in [6, 6.07) is 2.19. The van der Waals surface area contributed by atoms with Gasteiger partial charge in [0.1, 0.15) is 5.65 Å². The highest BCUT2D eigenvalue weighted by Crippen LogP contribution is 2.27. The molecule has 0 bridgehead atoms. The molecule has 0 radical (unpaired) electrons. The van der Waals surface area contributed by atoms with Gasteiger partial charge in [0, 0.05) is 36.9 Å². The molecule has 2 aromatic heterocycles. The second kappa shape index (κ2) is 3.22. The summed E-state index contributed by atoms with van der Waals surface area (Å²) in [6.45, 7) is 4.98. The van der Waals surface area contributed by atoms with Crippen LogP contribution in [0.15, 0.2) is 12.3 Å². The third kappa shape index (κ3) is 1.27. The van der Waals surface area contributed by atoms with E-state index in [0.717, 1.165) is 35.9 Å². The average Bonchev–Trinajstić information content (AvgIpc) is 2.63. The maximum Gasteiger partial charge on any atom is 0.140 e. The van der Waals surface area contributed by atoms with E-state index in [0.29, 0.717) is 0 Å². The second-order valence-electron chi connectivity index (χ2n) is 3.93. The Labute approximate surface area is 93.1 Å². The summed E-state index contributed by atoms with van der Waals surface area (Å²) in [5, 5.41) is 5.28. The van der Waals surface area contributed by atoms with Crippen LogP contribution < -0.4 is 5.32 Å². The van der Waals surface area contributed by atoms with Crippen LogP contribution in [0.2, 0.25) is 5.02 Å². The Morgan fingerprint density at radius 3 is 3.27 bits per heavy atom. The predicted molar refractivity (Wildman–Crippen MR) is 61.2 cm³/mol. The molecule has 4 heteroatoms. The third-order valence-corrected chi connectivity index (χ3v) is 3.42. The van der Waals surface area contributed by atoms with Crippen molar-refractivity contribution in [2.24, 2.45) is 0 Å². The fourth-order valence-corrected chi connectivity index (χ4v) is 2.30. The normalized spacial score (nSPS) is 15.6. The van der Waals surface area contributed by atoms with E-state index in [1.807, 2.05) is 6.92 Å². The van der Waals surface area contributed by atoms with Crippen LogP contribution in [-0.4, -0.2) is 16.1 Å². The molecule has 0 aromatic carbocycles. The van der Waals surface area contributed by atoms with Crippen molar-refractivity contribution in [3.8, 4) is 0 Å². The number of aromatic nitrogens is 2. The van der Waals surface area contributed by atoms with Gasteiger partial charge >= 0.3 is 0 Å². The Morgan fingerprint density at radius 1 is 1.53 bits per heavy atom. The summed E-state index contributed by atoms with van der Waals surface area (Å²) in [6.07, 6.45) is 1.74. The Morgan fingerprint density at radius 2 is 2.40 bits per heavy atom. The standard InChI is InChI=1S/C11H12ClN3/c1-7-9-4-8-5-13-2-3-15(8)11(9)14-6-10(7)12/h4,6,13H,2-3,5H2,1H3. The molecular formula is C11H12ClN3. The molecule has 0 aliphatic carbocycles. The van der Waals surface area contributed by atoms with Gasteiger partial charge in [-0.15, -0.1) is 0 Å². The highest BCUT2D eigenvalue weighted by Gasteiger charge is 2.15. The molecule has 1 aliphatic heterocycles. The first-order chi connectivity index (χ1) is 7.27. The quantitative estimate of drug-likeness (QED) is 0.739. The lowest BCUT2D eigenvalue weighted by molar-refractivity contribution is 0.524. The molecule has 0 amide bonds. The van der Waals surface area contributed by atoms with Crippen molar-refractivity contribution in [3.63, 3.8) is 0 Å². The van der Waals surface area contributed by atoms with Gasteiger partial charge in [-0.25, -0.2) is 4.98 Å². The van der Waals surface area contributed by atoms with E-state index < -0.39 is 0 Å². The number of pyridine rings is 1. The van der Waals surface area contributed by atoms with Crippen LogP contribution in [0.25, 0.3) is 11.0 Å². The fourth-order valence-electron chi connectivity index (χ4n) is 2.15. The largest absolute Gasteiger partial charge is 0.327 e. The van der Waals surface area contributed by atoms with E-state index in [9.17, 15) is 0 Å². The first-order valence-corrected chi connectivity index (χ1v) is 5.49. The topological polar surface area (TPSA) is 29.9 Å². The van der Waals surface area contributed by atoms with E-state index >= 15 is 0 Å². The van der Waals surface area contributed by atoms with Crippen LogP contribution in [0.4, 0.5) is 0 Å². The number of halogens is 1. The van der Waals surface area contributed by atoms with Gasteiger partial charge in [-0.3, -0.25) is 0 Å². The molecule has 1 N–H and O–H groups in total. The van der Waals surface area contributed by atoms with Crippen molar-refractivity contribution in [3.05, 3.63) is 28.5 Å². The molecule has 1 aliphatic rings. The molecule has 15 heavy (non-hydrogen) atoms. The van der Waals surface area contributed by atoms with E-state index in [1.165, 1.54) is 11.1 Å².